The van der Waals surface area contributed by atoms with Gasteiger partial charge in [-0.15, -0.1) is 24.8 Å². The van der Waals surface area contributed by atoms with Crippen molar-refractivity contribution in [2.45, 2.75) is 44.2 Å². The Kier molecular flexibility index (Phi) is 13.9. The highest BCUT2D eigenvalue weighted by Gasteiger charge is 2.45. The Morgan fingerprint density at radius 3 is 2.24 bits per heavy atom. The molecule has 1 aliphatic rings. The maximum Gasteiger partial charge on any atom is 0.315 e. The Morgan fingerprint density at radius 1 is 1.16 bits per heavy atom. The van der Waals surface area contributed by atoms with E-state index in [0.29, 0.717) is 0 Å². The van der Waals surface area contributed by atoms with Crippen molar-refractivity contribution < 1.29 is 19.7 Å². The van der Waals surface area contributed by atoms with Crippen molar-refractivity contribution in [2.75, 3.05) is 47.4 Å². The van der Waals surface area contributed by atoms with E-state index in [0.717, 1.165) is 13.1 Å². The van der Waals surface area contributed by atoms with Crippen LogP contribution in [-0.2, 0) is 4.74 Å². The van der Waals surface area contributed by atoms with E-state index in [1.54, 1.807) is 0 Å². The van der Waals surface area contributed by atoms with Gasteiger partial charge < -0.3 is 30.5 Å². The molecular formula is C15H34Cl2N4O4. The number of halogens is 2. The van der Waals surface area contributed by atoms with Gasteiger partial charge >= 0.3 is 6.03 Å². The van der Waals surface area contributed by atoms with E-state index in [9.17, 15) is 15.0 Å². The minimum atomic E-state index is -0.785. The first-order chi connectivity index (χ1) is 10.8. The molecule has 1 aliphatic heterocycles. The summed E-state index contributed by atoms with van der Waals surface area (Å²) in [6.07, 6.45) is -1.78. The number of likely N-dealkylation sites (N-methyl/N-ethyl adjacent to an activating group) is 2. The van der Waals surface area contributed by atoms with Crippen LogP contribution in [-0.4, -0.2) is 104 Å². The zero-order valence-corrected chi connectivity index (χ0v) is 17.3. The molecule has 1 heterocycles. The van der Waals surface area contributed by atoms with Crippen LogP contribution in [0.1, 0.15) is 13.8 Å². The van der Waals surface area contributed by atoms with Gasteiger partial charge in [0.1, 0.15) is 12.2 Å². The monoisotopic (exact) mass is 404 g/mol. The van der Waals surface area contributed by atoms with E-state index in [2.05, 4.69) is 15.5 Å². The topological polar surface area (TPSA) is 97.3 Å². The fraction of sp³-hybridized carbons (Fsp3) is 0.933. The lowest BCUT2D eigenvalue weighted by atomic mass is 10.0. The molecular weight excluding hydrogens is 371 g/mol. The lowest BCUT2D eigenvalue weighted by Gasteiger charge is -2.31. The molecule has 0 saturated carbocycles. The molecule has 8 nitrogen and oxygen atoms in total. The number of aliphatic hydroxyl groups excluding tert-OH is 2. The largest absolute Gasteiger partial charge is 0.394 e. The number of hydrogen-bond donors (Lipinski definition) is 4. The van der Waals surface area contributed by atoms with Gasteiger partial charge in [-0.1, -0.05) is 0 Å². The Bertz CT molecular complexity index is 377. The maximum absolute atomic E-state index is 11.7. The third kappa shape index (κ3) is 8.72. The molecule has 0 aromatic heterocycles. The molecule has 152 valence electrons. The summed E-state index contributed by atoms with van der Waals surface area (Å²) in [5.41, 5.74) is 0. The van der Waals surface area contributed by atoms with E-state index in [1.165, 1.54) is 0 Å². The minimum absolute atomic E-state index is 0. The molecule has 0 bridgehead atoms. The zero-order valence-electron chi connectivity index (χ0n) is 15.6. The highest BCUT2D eigenvalue weighted by Crippen LogP contribution is 2.24. The Morgan fingerprint density at radius 2 is 1.76 bits per heavy atom. The zero-order chi connectivity index (χ0) is 17.6. The standard InChI is InChI=1S/C15H32N4O4.2ClH/c1-10(2)17-15(22)16-8-11-13(14(21)12(9-20)23-11)19(5)7-6-18(3)4;;/h10-14,20-21H,6-9H2,1-5H3,(H2,16,17,22);2*1H/t11-,12+,13+,14-;;/m1../s1. The van der Waals surface area contributed by atoms with Crippen molar-refractivity contribution in [3.05, 3.63) is 0 Å². The first kappa shape index (κ1) is 26.9. The fourth-order valence-corrected chi connectivity index (χ4v) is 2.70. The van der Waals surface area contributed by atoms with E-state index in [-0.39, 0.29) is 62.2 Å². The number of nitrogens with zero attached hydrogens (tertiary/aromatic N) is 2. The fourth-order valence-electron chi connectivity index (χ4n) is 2.70. The van der Waals surface area contributed by atoms with Crippen LogP contribution in [0.2, 0.25) is 0 Å². The summed E-state index contributed by atoms with van der Waals surface area (Å²) >= 11 is 0. The van der Waals surface area contributed by atoms with Gasteiger partial charge in [-0.05, 0) is 35.0 Å². The van der Waals surface area contributed by atoms with Crippen molar-refractivity contribution in [3.63, 3.8) is 0 Å². The molecule has 10 heteroatoms. The lowest BCUT2D eigenvalue weighted by molar-refractivity contribution is -0.0206. The average Bonchev–Trinajstić information content (AvgIpc) is 2.78. The third-order valence-corrected chi connectivity index (χ3v) is 3.93. The number of aliphatic hydroxyl groups is 2. The highest BCUT2D eigenvalue weighted by atomic mass is 35.5. The van der Waals surface area contributed by atoms with E-state index in [1.807, 2.05) is 39.9 Å². The lowest BCUT2D eigenvalue weighted by Crippen LogP contribution is -2.52. The summed E-state index contributed by atoms with van der Waals surface area (Å²) in [5.74, 6) is 0. The predicted octanol–water partition coefficient (Wildman–Crippen LogP) is -0.480. The van der Waals surface area contributed by atoms with Crippen LogP contribution in [0, 0.1) is 0 Å². The second-order valence-corrected chi connectivity index (χ2v) is 6.67. The molecule has 0 aromatic carbocycles. The highest BCUT2D eigenvalue weighted by molar-refractivity contribution is 5.85. The van der Waals surface area contributed by atoms with Crippen LogP contribution in [0.3, 0.4) is 0 Å². The van der Waals surface area contributed by atoms with Gasteiger partial charge in [0.25, 0.3) is 0 Å². The summed E-state index contributed by atoms with van der Waals surface area (Å²) in [5, 5.41) is 25.3. The number of ether oxygens (including phenoxy) is 1. The van der Waals surface area contributed by atoms with Crippen molar-refractivity contribution in [1.29, 1.82) is 0 Å². The van der Waals surface area contributed by atoms with Gasteiger partial charge in [-0.25, -0.2) is 4.79 Å². The molecule has 1 saturated heterocycles. The molecule has 0 aromatic rings. The number of rotatable bonds is 8. The molecule has 25 heavy (non-hydrogen) atoms. The molecule has 0 radical (unpaired) electrons. The molecule has 2 amide bonds. The third-order valence-electron chi connectivity index (χ3n) is 3.93. The van der Waals surface area contributed by atoms with Crippen LogP contribution in [0.4, 0.5) is 4.79 Å². The van der Waals surface area contributed by atoms with Gasteiger partial charge in [0.05, 0.1) is 18.8 Å². The molecule has 4 N–H and O–H groups in total. The van der Waals surface area contributed by atoms with E-state index >= 15 is 0 Å². The van der Waals surface area contributed by atoms with E-state index < -0.39 is 12.2 Å². The molecule has 4 atom stereocenters. The Labute approximate surface area is 163 Å². The molecule has 0 aliphatic carbocycles. The second kappa shape index (κ2) is 12.9. The summed E-state index contributed by atoms with van der Waals surface area (Å²) in [7, 11) is 5.89. The van der Waals surface area contributed by atoms with Crippen molar-refractivity contribution in [1.82, 2.24) is 20.4 Å². The summed E-state index contributed by atoms with van der Waals surface area (Å²) in [6, 6.07) is -0.486. The number of hydrogen-bond acceptors (Lipinski definition) is 6. The van der Waals surface area contributed by atoms with Gasteiger partial charge in [0.2, 0.25) is 0 Å². The van der Waals surface area contributed by atoms with Crippen LogP contribution in [0.15, 0.2) is 0 Å². The number of carbonyl (C=O) groups is 1. The summed E-state index contributed by atoms with van der Waals surface area (Å²) < 4.78 is 5.72. The normalized spacial score (nSPS) is 25.7. The van der Waals surface area contributed by atoms with Gasteiger partial charge in [-0.3, -0.25) is 4.90 Å². The summed E-state index contributed by atoms with van der Waals surface area (Å²) in [6.45, 7) is 5.41. The maximum atomic E-state index is 11.7. The van der Waals surface area contributed by atoms with Crippen LogP contribution in [0.25, 0.3) is 0 Å². The van der Waals surface area contributed by atoms with Gasteiger partial charge in [0.15, 0.2) is 0 Å². The number of carbonyl (C=O) groups excluding carboxylic acids is 1. The Balaban J connectivity index is 0. The van der Waals surface area contributed by atoms with Crippen LogP contribution < -0.4 is 10.6 Å². The minimum Gasteiger partial charge on any atom is -0.394 e. The predicted molar refractivity (Wildman–Crippen MR) is 103 cm³/mol. The SMILES string of the molecule is CC(C)NC(=O)NC[C@H]1O[C@@H](CO)[C@@H](O)[C@H]1N(C)CCN(C)C.Cl.Cl. The number of amides is 2. The summed E-state index contributed by atoms with van der Waals surface area (Å²) in [4.78, 5) is 15.8. The average molecular weight is 405 g/mol. The second-order valence-electron chi connectivity index (χ2n) is 6.67. The molecule has 1 fully saturated rings. The smallest absolute Gasteiger partial charge is 0.315 e. The van der Waals surface area contributed by atoms with E-state index in [4.69, 9.17) is 4.74 Å². The number of urea groups is 1. The van der Waals surface area contributed by atoms with Gasteiger partial charge in [-0.2, -0.15) is 0 Å². The van der Waals surface area contributed by atoms with Crippen LogP contribution >= 0.6 is 24.8 Å². The van der Waals surface area contributed by atoms with Crippen molar-refractivity contribution in [2.24, 2.45) is 0 Å². The molecule has 1 rings (SSSR count). The first-order valence-electron chi connectivity index (χ1n) is 8.10. The van der Waals surface area contributed by atoms with Crippen molar-refractivity contribution >= 4 is 30.8 Å². The molecule has 0 spiro atoms. The molecule has 0 unspecified atom stereocenters. The number of nitrogens with one attached hydrogen (secondary N) is 2. The first-order valence-corrected chi connectivity index (χ1v) is 8.10. The Hall–Kier alpha value is -0.350. The van der Waals surface area contributed by atoms with Gasteiger partial charge in [0, 0.05) is 25.7 Å². The van der Waals surface area contributed by atoms with Crippen LogP contribution in [0.5, 0.6) is 0 Å². The van der Waals surface area contributed by atoms with Crippen molar-refractivity contribution in [3.8, 4) is 0 Å². The quantitative estimate of drug-likeness (QED) is 0.436.